The molecule has 1 aliphatic rings. The number of hydrogen-bond acceptors (Lipinski definition) is 0. The molecule has 0 saturated heterocycles. The Bertz CT molecular complexity index is 629. The monoisotopic (exact) mass is 306 g/mol. The van der Waals surface area contributed by atoms with E-state index in [-0.39, 0.29) is 0 Å². The molecule has 0 fully saturated rings. The van der Waals surface area contributed by atoms with Crippen molar-refractivity contribution in [1.29, 1.82) is 0 Å². The lowest BCUT2D eigenvalue weighted by Crippen LogP contribution is -1.90. The van der Waals surface area contributed by atoms with Crippen LogP contribution >= 0.6 is 27.5 Å². The number of rotatable bonds is 0. The molecule has 0 N–H and O–H groups in total. The lowest BCUT2D eigenvalue weighted by molar-refractivity contribution is 1.19. The van der Waals surface area contributed by atoms with E-state index >= 15 is 0 Å². The molecule has 0 spiro atoms. The molecule has 0 heterocycles. The van der Waals surface area contributed by atoms with Crippen molar-refractivity contribution in [1.82, 2.24) is 0 Å². The van der Waals surface area contributed by atoms with Gasteiger partial charge < -0.3 is 0 Å². The molecule has 0 aliphatic heterocycles. The second-order valence-corrected chi connectivity index (χ2v) is 5.81. The summed E-state index contributed by atoms with van der Waals surface area (Å²) in [6.45, 7) is 4.31. The molecular formula is C15H12BrCl. The topological polar surface area (TPSA) is 0 Å². The van der Waals surface area contributed by atoms with Crippen molar-refractivity contribution < 1.29 is 0 Å². The molecule has 0 amide bonds. The Morgan fingerprint density at radius 2 is 2.00 bits per heavy atom. The number of hydrogen-bond donors (Lipinski definition) is 0. The third-order valence-electron chi connectivity index (χ3n) is 3.55. The first-order valence-electron chi connectivity index (χ1n) is 5.66. The van der Waals surface area contributed by atoms with Crippen molar-refractivity contribution in [2.75, 3.05) is 0 Å². The van der Waals surface area contributed by atoms with Crippen LogP contribution < -0.4 is 0 Å². The quantitative estimate of drug-likeness (QED) is 0.529. The molecule has 1 aliphatic carbocycles. The molecule has 0 bridgehead atoms. The van der Waals surface area contributed by atoms with E-state index in [2.05, 4.69) is 41.9 Å². The minimum Gasteiger partial charge on any atom is -0.0837 e. The van der Waals surface area contributed by atoms with Crippen LogP contribution in [0.3, 0.4) is 0 Å². The summed E-state index contributed by atoms with van der Waals surface area (Å²) in [6, 6.07) is 8.42. The SMILES string of the molecule is Cc1cc2c(c(C)c1Br)Cc1cccc(Cl)c1-2. The van der Waals surface area contributed by atoms with Crippen LogP contribution in [0.15, 0.2) is 28.7 Å². The summed E-state index contributed by atoms with van der Waals surface area (Å²) in [5.74, 6) is 0. The van der Waals surface area contributed by atoms with Gasteiger partial charge in [-0.25, -0.2) is 0 Å². The first-order valence-corrected chi connectivity index (χ1v) is 6.83. The van der Waals surface area contributed by atoms with Crippen molar-refractivity contribution in [2.45, 2.75) is 20.3 Å². The molecule has 2 heteroatoms. The molecule has 2 aromatic rings. The van der Waals surface area contributed by atoms with Crippen molar-refractivity contribution >= 4 is 27.5 Å². The van der Waals surface area contributed by atoms with Gasteiger partial charge in [0.1, 0.15) is 0 Å². The molecule has 0 aromatic heterocycles. The third-order valence-corrected chi connectivity index (χ3v) is 5.09. The highest BCUT2D eigenvalue weighted by atomic mass is 79.9. The Morgan fingerprint density at radius 1 is 1.24 bits per heavy atom. The van der Waals surface area contributed by atoms with Crippen LogP contribution in [-0.2, 0) is 6.42 Å². The molecule has 86 valence electrons. The molecule has 2 aromatic carbocycles. The summed E-state index contributed by atoms with van der Waals surface area (Å²) < 4.78 is 1.22. The standard InChI is InChI=1S/C15H12BrCl/c1-8-6-12-11(9(2)15(8)16)7-10-4-3-5-13(17)14(10)12/h3-6H,7H2,1-2H3. The Kier molecular flexibility index (Phi) is 2.57. The van der Waals surface area contributed by atoms with E-state index in [1.807, 2.05) is 12.1 Å². The fourth-order valence-corrected chi connectivity index (χ4v) is 3.31. The average Bonchev–Trinajstić information content (AvgIpc) is 2.66. The number of fused-ring (bicyclic) bond motifs is 3. The van der Waals surface area contributed by atoms with Gasteiger partial charge in [-0.05, 0) is 60.2 Å². The fourth-order valence-electron chi connectivity index (χ4n) is 2.66. The number of aryl methyl sites for hydroxylation is 1. The van der Waals surface area contributed by atoms with E-state index in [4.69, 9.17) is 11.6 Å². The zero-order valence-electron chi connectivity index (χ0n) is 9.77. The smallest absolute Gasteiger partial charge is 0.0487 e. The van der Waals surface area contributed by atoms with Gasteiger partial charge in [0.05, 0.1) is 0 Å². The molecule has 0 nitrogen and oxygen atoms in total. The van der Waals surface area contributed by atoms with Crippen LogP contribution in [0.4, 0.5) is 0 Å². The molecule has 0 unspecified atom stereocenters. The Hall–Kier alpha value is -0.790. The maximum Gasteiger partial charge on any atom is 0.0487 e. The van der Waals surface area contributed by atoms with E-state index < -0.39 is 0 Å². The average molecular weight is 308 g/mol. The van der Waals surface area contributed by atoms with Crippen molar-refractivity contribution in [3.63, 3.8) is 0 Å². The van der Waals surface area contributed by atoms with Crippen LogP contribution in [-0.4, -0.2) is 0 Å². The van der Waals surface area contributed by atoms with Crippen LogP contribution in [0.25, 0.3) is 11.1 Å². The summed E-state index contributed by atoms with van der Waals surface area (Å²) in [5.41, 5.74) is 7.90. The lowest BCUT2D eigenvalue weighted by atomic mass is 9.99. The van der Waals surface area contributed by atoms with Gasteiger partial charge in [-0.15, -0.1) is 0 Å². The zero-order chi connectivity index (χ0) is 12.2. The van der Waals surface area contributed by atoms with Gasteiger partial charge in [-0.2, -0.15) is 0 Å². The first-order chi connectivity index (χ1) is 8.09. The predicted octanol–water partition coefficient (Wildman–Crippen LogP) is 5.29. The lowest BCUT2D eigenvalue weighted by Gasteiger charge is -2.10. The van der Waals surface area contributed by atoms with Crippen molar-refractivity contribution in [3.8, 4) is 11.1 Å². The summed E-state index contributed by atoms with van der Waals surface area (Å²) in [7, 11) is 0. The highest BCUT2D eigenvalue weighted by Crippen LogP contribution is 2.44. The van der Waals surface area contributed by atoms with E-state index in [1.165, 1.54) is 37.9 Å². The van der Waals surface area contributed by atoms with Gasteiger partial charge in [0.25, 0.3) is 0 Å². The number of benzene rings is 2. The van der Waals surface area contributed by atoms with Gasteiger partial charge in [0.15, 0.2) is 0 Å². The minimum atomic E-state index is 0.863. The Balaban J connectivity index is 2.37. The normalized spacial score (nSPS) is 12.5. The zero-order valence-corrected chi connectivity index (χ0v) is 12.1. The maximum atomic E-state index is 6.33. The van der Waals surface area contributed by atoms with Crippen LogP contribution in [0, 0.1) is 13.8 Å². The maximum absolute atomic E-state index is 6.33. The Morgan fingerprint density at radius 3 is 2.76 bits per heavy atom. The van der Waals surface area contributed by atoms with Gasteiger partial charge in [-0.1, -0.05) is 39.7 Å². The van der Waals surface area contributed by atoms with E-state index in [0.717, 1.165) is 11.4 Å². The second kappa shape index (κ2) is 3.86. The van der Waals surface area contributed by atoms with E-state index in [0.29, 0.717) is 0 Å². The van der Waals surface area contributed by atoms with Crippen molar-refractivity contribution in [2.24, 2.45) is 0 Å². The van der Waals surface area contributed by atoms with Gasteiger partial charge >= 0.3 is 0 Å². The highest BCUT2D eigenvalue weighted by molar-refractivity contribution is 9.10. The summed E-state index contributed by atoms with van der Waals surface area (Å²) in [6.07, 6.45) is 0.996. The van der Waals surface area contributed by atoms with Crippen molar-refractivity contribution in [3.05, 3.63) is 56.0 Å². The van der Waals surface area contributed by atoms with Gasteiger partial charge in [-0.3, -0.25) is 0 Å². The highest BCUT2D eigenvalue weighted by Gasteiger charge is 2.23. The van der Waals surface area contributed by atoms with Crippen LogP contribution in [0.5, 0.6) is 0 Å². The number of halogens is 2. The van der Waals surface area contributed by atoms with Gasteiger partial charge in [0, 0.05) is 15.1 Å². The molecule has 0 radical (unpaired) electrons. The van der Waals surface area contributed by atoms with Crippen LogP contribution in [0.2, 0.25) is 5.02 Å². The second-order valence-electron chi connectivity index (χ2n) is 4.61. The molecule has 17 heavy (non-hydrogen) atoms. The molecule has 3 rings (SSSR count). The summed E-state index contributed by atoms with van der Waals surface area (Å²) in [4.78, 5) is 0. The van der Waals surface area contributed by atoms with Gasteiger partial charge in [0.2, 0.25) is 0 Å². The summed E-state index contributed by atoms with van der Waals surface area (Å²) >= 11 is 9.99. The minimum absolute atomic E-state index is 0.863. The molecular weight excluding hydrogens is 296 g/mol. The third kappa shape index (κ3) is 1.56. The summed E-state index contributed by atoms with van der Waals surface area (Å²) in [5, 5.41) is 0.863. The van der Waals surface area contributed by atoms with E-state index in [9.17, 15) is 0 Å². The molecule has 0 atom stereocenters. The predicted molar refractivity (Wildman–Crippen MR) is 76.9 cm³/mol. The van der Waals surface area contributed by atoms with Crippen LogP contribution in [0.1, 0.15) is 22.3 Å². The fraction of sp³-hybridized carbons (Fsp3) is 0.200. The van der Waals surface area contributed by atoms with E-state index in [1.54, 1.807) is 0 Å². The largest absolute Gasteiger partial charge is 0.0837 e. The Labute approximate surface area is 115 Å². The molecule has 0 saturated carbocycles. The first kappa shape index (κ1) is 11.3.